The summed E-state index contributed by atoms with van der Waals surface area (Å²) in [6.45, 7) is 2.12. The maximum Gasteiger partial charge on any atom is 0.141 e. The van der Waals surface area contributed by atoms with Gasteiger partial charge in [-0.05, 0) is 42.8 Å². The molecule has 4 nitrogen and oxygen atoms in total. The van der Waals surface area contributed by atoms with Crippen LogP contribution in [0.1, 0.15) is 22.9 Å². The molecule has 4 rings (SSSR count). The number of nitrogens with one attached hydrogen (secondary N) is 2. The van der Waals surface area contributed by atoms with Gasteiger partial charge in [0.2, 0.25) is 0 Å². The molecule has 130 valence electrons. The second-order valence-electron chi connectivity index (χ2n) is 6.27. The first kappa shape index (κ1) is 16.2. The predicted molar refractivity (Wildman–Crippen MR) is 106 cm³/mol. The predicted octanol–water partition coefficient (Wildman–Crippen LogP) is 5.08. The number of hydrogen-bond acceptors (Lipinski definition) is 3. The van der Waals surface area contributed by atoms with Gasteiger partial charge in [0.15, 0.2) is 0 Å². The van der Waals surface area contributed by atoms with Gasteiger partial charge in [-0.1, -0.05) is 30.3 Å². The van der Waals surface area contributed by atoms with Crippen LogP contribution in [0.4, 0.5) is 5.69 Å². The largest absolute Gasteiger partial charge is 0.495 e. The zero-order valence-corrected chi connectivity index (χ0v) is 14.9. The Bertz CT molecular complexity index is 1020. The number of para-hydroxylation sites is 3. The number of nitrogens with zero attached hydrogens (tertiary/aromatic N) is 1. The van der Waals surface area contributed by atoms with Crippen molar-refractivity contribution in [2.24, 2.45) is 0 Å². The third-order valence-corrected chi connectivity index (χ3v) is 4.68. The van der Waals surface area contributed by atoms with E-state index in [9.17, 15) is 0 Å². The van der Waals surface area contributed by atoms with E-state index in [-0.39, 0.29) is 6.04 Å². The number of rotatable bonds is 5. The molecule has 2 aromatic heterocycles. The Hall–Kier alpha value is -3.27. The molecule has 0 radical (unpaired) electrons. The number of benzene rings is 2. The zero-order valence-electron chi connectivity index (χ0n) is 14.9. The molecular weight excluding hydrogens is 322 g/mol. The van der Waals surface area contributed by atoms with Crippen LogP contribution in [0.5, 0.6) is 5.75 Å². The summed E-state index contributed by atoms with van der Waals surface area (Å²) >= 11 is 0. The van der Waals surface area contributed by atoms with Crippen molar-refractivity contribution >= 4 is 16.6 Å². The molecule has 0 spiro atoms. The van der Waals surface area contributed by atoms with E-state index in [0.717, 1.165) is 28.2 Å². The molecule has 0 aliphatic heterocycles. The van der Waals surface area contributed by atoms with Crippen LogP contribution >= 0.6 is 0 Å². The molecule has 4 aromatic rings. The van der Waals surface area contributed by atoms with E-state index >= 15 is 0 Å². The second-order valence-corrected chi connectivity index (χ2v) is 6.27. The summed E-state index contributed by atoms with van der Waals surface area (Å²) in [6, 6.07) is 20.5. The van der Waals surface area contributed by atoms with Crippen molar-refractivity contribution in [1.29, 1.82) is 0 Å². The molecule has 2 N–H and O–H groups in total. The van der Waals surface area contributed by atoms with Gasteiger partial charge < -0.3 is 15.0 Å². The summed E-state index contributed by atoms with van der Waals surface area (Å²) < 4.78 is 5.53. The number of anilines is 1. The van der Waals surface area contributed by atoms with Gasteiger partial charge in [-0.2, -0.15) is 0 Å². The van der Waals surface area contributed by atoms with E-state index in [1.54, 1.807) is 7.11 Å². The molecule has 0 saturated carbocycles. The number of pyridine rings is 1. The van der Waals surface area contributed by atoms with Crippen LogP contribution in [0.15, 0.2) is 73.1 Å². The first-order valence-corrected chi connectivity index (χ1v) is 8.64. The minimum Gasteiger partial charge on any atom is -0.495 e. The Morgan fingerprint density at radius 2 is 1.69 bits per heavy atom. The van der Waals surface area contributed by atoms with Crippen molar-refractivity contribution in [2.45, 2.75) is 13.0 Å². The van der Waals surface area contributed by atoms with Crippen LogP contribution in [-0.2, 0) is 0 Å². The maximum atomic E-state index is 5.53. The van der Waals surface area contributed by atoms with Crippen LogP contribution in [0.2, 0.25) is 0 Å². The van der Waals surface area contributed by atoms with Crippen molar-refractivity contribution in [2.75, 3.05) is 12.4 Å². The van der Waals surface area contributed by atoms with E-state index in [2.05, 4.69) is 46.5 Å². The Balaban J connectivity index is 1.88. The molecule has 0 aliphatic carbocycles. The van der Waals surface area contributed by atoms with Gasteiger partial charge in [0.1, 0.15) is 5.75 Å². The fraction of sp³-hybridized carbons (Fsp3) is 0.136. The third-order valence-electron chi connectivity index (χ3n) is 4.68. The standard InChI is InChI=1S/C22H21N3O/c1-15-21(17-7-3-4-8-18(17)24-15)22(16-11-13-23-14-12-16)25-19-9-5-6-10-20(19)26-2/h3-14,22,24-25H,1-2H3/t22-/m1/s1. The lowest BCUT2D eigenvalue weighted by atomic mass is 9.96. The lowest BCUT2D eigenvalue weighted by Gasteiger charge is -2.22. The summed E-state index contributed by atoms with van der Waals surface area (Å²) in [5.74, 6) is 0.823. The highest BCUT2D eigenvalue weighted by atomic mass is 16.5. The maximum absolute atomic E-state index is 5.53. The first-order valence-electron chi connectivity index (χ1n) is 8.64. The molecule has 0 amide bonds. The number of hydrogen-bond donors (Lipinski definition) is 2. The van der Waals surface area contributed by atoms with Gasteiger partial charge >= 0.3 is 0 Å². The molecule has 0 saturated heterocycles. The van der Waals surface area contributed by atoms with Gasteiger partial charge in [-0.25, -0.2) is 0 Å². The average Bonchev–Trinajstić information content (AvgIpc) is 3.02. The monoisotopic (exact) mass is 343 g/mol. The number of ether oxygens (including phenoxy) is 1. The Kier molecular flexibility index (Phi) is 4.32. The highest BCUT2D eigenvalue weighted by Crippen LogP contribution is 2.36. The first-order chi connectivity index (χ1) is 12.8. The van der Waals surface area contributed by atoms with Gasteiger partial charge in [-0.3, -0.25) is 4.98 Å². The lowest BCUT2D eigenvalue weighted by molar-refractivity contribution is 0.416. The number of fused-ring (bicyclic) bond motifs is 1. The Labute approximate surface area is 152 Å². The third kappa shape index (κ3) is 2.90. The highest BCUT2D eigenvalue weighted by molar-refractivity contribution is 5.86. The van der Waals surface area contributed by atoms with Gasteiger partial charge in [0, 0.05) is 34.6 Å². The summed E-state index contributed by atoms with van der Waals surface area (Å²) in [6.07, 6.45) is 3.66. The second kappa shape index (κ2) is 6.92. The Morgan fingerprint density at radius 1 is 0.962 bits per heavy atom. The minimum atomic E-state index is -0.0227. The van der Waals surface area contributed by atoms with E-state index in [1.807, 2.05) is 48.8 Å². The molecule has 26 heavy (non-hydrogen) atoms. The molecule has 4 heteroatoms. The minimum absolute atomic E-state index is 0.0227. The summed E-state index contributed by atoms with van der Waals surface area (Å²) in [5, 5.41) is 4.89. The molecule has 2 aromatic carbocycles. The van der Waals surface area contributed by atoms with E-state index in [0.29, 0.717) is 0 Å². The molecule has 2 heterocycles. The summed E-state index contributed by atoms with van der Waals surface area (Å²) in [5.41, 5.74) is 5.63. The van der Waals surface area contributed by atoms with Crippen molar-refractivity contribution in [3.63, 3.8) is 0 Å². The van der Waals surface area contributed by atoms with Crippen molar-refractivity contribution in [1.82, 2.24) is 9.97 Å². The number of methoxy groups -OCH3 is 1. The topological polar surface area (TPSA) is 49.9 Å². The molecule has 0 fully saturated rings. The van der Waals surface area contributed by atoms with E-state index in [4.69, 9.17) is 4.74 Å². The molecule has 0 aliphatic rings. The smallest absolute Gasteiger partial charge is 0.141 e. The normalized spacial score (nSPS) is 12.1. The quantitative estimate of drug-likeness (QED) is 0.531. The highest BCUT2D eigenvalue weighted by Gasteiger charge is 2.21. The van der Waals surface area contributed by atoms with Crippen LogP contribution in [0.3, 0.4) is 0 Å². The SMILES string of the molecule is COc1ccccc1N[C@H](c1ccncc1)c1c(C)[nH]c2ccccc12. The van der Waals surface area contributed by atoms with Crippen LogP contribution < -0.4 is 10.1 Å². The fourth-order valence-corrected chi connectivity index (χ4v) is 3.47. The van der Waals surface area contributed by atoms with Gasteiger partial charge in [0.05, 0.1) is 18.8 Å². The number of aromatic amines is 1. The zero-order chi connectivity index (χ0) is 17.9. The van der Waals surface area contributed by atoms with Crippen LogP contribution in [0.25, 0.3) is 10.9 Å². The van der Waals surface area contributed by atoms with Crippen molar-refractivity contribution in [3.8, 4) is 5.75 Å². The Morgan fingerprint density at radius 3 is 2.50 bits per heavy atom. The van der Waals surface area contributed by atoms with Crippen LogP contribution in [0, 0.1) is 6.92 Å². The van der Waals surface area contributed by atoms with Crippen molar-refractivity contribution in [3.05, 3.63) is 89.9 Å². The number of aromatic nitrogens is 2. The molecular formula is C22H21N3O. The fourth-order valence-electron chi connectivity index (χ4n) is 3.47. The van der Waals surface area contributed by atoms with Crippen molar-refractivity contribution < 1.29 is 4.74 Å². The van der Waals surface area contributed by atoms with Crippen LogP contribution in [-0.4, -0.2) is 17.1 Å². The van der Waals surface area contributed by atoms with Gasteiger partial charge in [-0.15, -0.1) is 0 Å². The average molecular weight is 343 g/mol. The summed E-state index contributed by atoms with van der Waals surface area (Å²) in [7, 11) is 1.69. The molecule has 0 bridgehead atoms. The summed E-state index contributed by atoms with van der Waals surface area (Å²) in [4.78, 5) is 7.68. The van der Waals surface area contributed by atoms with E-state index < -0.39 is 0 Å². The lowest BCUT2D eigenvalue weighted by Crippen LogP contribution is -2.14. The molecule has 0 unspecified atom stereocenters. The number of aryl methyl sites for hydroxylation is 1. The van der Waals surface area contributed by atoms with E-state index in [1.165, 1.54) is 10.9 Å². The molecule has 1 atom stereocenters. The number of H-pyrrole nitrogens is 1. The van der Waals surface area contributed by atoms with Gasteiger partial charge in [0.25, 0.3) is 0 Å².